The third-order valence-corrected chi connectivity index (χ3v) is 5.73. The number of hydrogen-bond donors (Lipinski definition) is 2. The highest BCUT2D eigenvalue weighted by Crippen LogP contribution is 2.29. The summed E-state index contributed by atoms with van der Waals surface area (Å²) < 4.78 is 46.2. The van der Waals surface area contributed by atoms with E-state index in [-0.39, 0.29) is 22.7 Å². The molecule has 0 unspecified atom stereocenters. The van der Waals surface area contributed by atoms with Crippen LogP contribution in [0, 0.1) is 18.2 Å². The van der Waals surface area contributed by atoms with E-state index in [0.717, 1.165) is 32.0 Å². The first kappa shape index (κ1) is 20.3. The largest absolute Gasteiger partial charge is 0.384 e. The molecule has 8 heteroatoms. The quantitative estimate of drug-likeness (QED) is 0.806. The molecule has 1 heterocycles. The van der Waals surface area contributed by atoms with Gasteiger partial charge in [0, 0.05) is 19.1 Å². The normalized spacial score (nSPS) is 17.5. The van der Waals surface area contributed by atoms with Gasteiger partial charge in [-0.25, -0.2) is 17.5 Å². The number of halogens is 2. The van der Waals surface area contributed by atoms with E-state index in [4.69, 9.17) is 4.74 Å². The maximum atomic E-state index is 13.3. The summed E-state index contributed by atoms with van der Waals surface area (Å²) in [6, 6.07) is 3.79. The van der Waals surface area contributed by atoms with Gasteiger partial charge in [-0.3, -0.25) is 0 Å². The molecular formula is C15H24ClFN2O3S. The molecule has 0 atom stereocenters. The predicted molar refractivity (Wildman–Crippen MR) is 90.0 cm³/mol. The third kappa shape index (κ3) is 5.12. The van der Waals surface area contributed by atoms with Crippen LogP contribution in [0.4, 0.5) is 4.39 Å². The molecule has 0 amide bonds. The van der Waals surface area contributed by atoms with Crippen molar-refractivity contribution >= 4 is 22.4 Å². The molecule has 0 aliphatic carbocycles. The lowest BCUT2D eigenvalue weighted by molar-refractivity contribution is 0.0577. The Morgan fingerprint density at radius 2 is 2.00 bits per heavy atom. The van der Waals surface area contributed by atoms with E-state index in [1.165, 1.54) is 12.1 Å². The van der Waals surface area contributed by atoms with Gasteiger partial charge in [-0.15, -0.1) is 12.4 Å². The Hall–Kier alpha value is -0.730. The maximum Gasteiger partial charge on any atom is 0.240 e. The second-order valence-electron chi connectivity index (χ2n) is 5.92. The van der Waals surface area contributed by atoms with E-state index in [0.29, 0.717) is 18.7 Å². The van der Waals surface area contributed by atoms with E-state index < -0.39 is 15.8 Å². The predicted octanol–water partition coefficient (Wildman–Crippen LogP) is 1.85. The standard InChI is InChI=1S/C15H23FN2O3S.ClH/c1-12-3-4-13(16)9-14(12)22(19,20)18-10-15(11-21-2)5-7-17-8-6-15;/h3-4,9,17-18H,5-8,10-11H2,1-2H3;1H. The van der Waals surface area contributed by atoms with Crippen LogP contribution in [0.1, 0.15) is 18.4 Å². The summed E-state index contributed by atoms with van der Waals surface area (Å²) in [6.45, 7) is 4.12. The minimum atomic E-state index is -3.74. The molecule has 1 fully saturated rings. The molecule has 2 N–H and O–H groups in total. The highest BCUT2D eigenvalue weighted by molar-refractivity contribution is 7.89. The van der Waals surface area contributed by atoms with Crippen LogP contribution in [0.25, 0.3) is 0 Å². The molecule has 1 aromatic rings. The fourth-order valence-electron chi connectivity index (χ4n) is 2.82. The van der Waals surface area contributed by atoms with Gasteiger partial charge >= 0.3 is 0 Å². The summed E-state index contributed by atoms with van der Waals surface area (Å²) in [6.07, 6.45) is 1.68. The number of rotatable bonds is 6. The van der Waals surface area contributed by atoms with Crippen LogP contribution in [0.15, 0.2) is 23.1 Å². The molecule has 2 rings (SSSR count). The second kappa shape index (κ2) is 8.39. The lowest BCUT2D eigenvalue weighted by atomic mass is 9.80. The zero-order chi connectivity index (χ0) is 16.2. The molecule has 5 nitrogen and oxygen atoms in total. The van der Waals surface area contributed by atoms with Crippen LogP contribution < -0.4 is 10.0 Å². The average molecular weight is 367 g/mol. The van der Waals surface area contributed by atoms with E-state index >= 15 is 0 Å². The molecule has 23 heavy (non-hydrogen) atoms. The zero-order valence-electron chi connectivity index (χ0n) is 13.4. The van der Waals surface area contributed by atoms with Gasteiger partial charge < -0.3 is 10.1 Å². The zero-order valence-corrected chi connectivity index (χ0v) is 15.0. The van der Waals surface area contributed by atoms with Crippen molar-refractivity contribution in [3.63, 3.8) is 0 Å². The van der Waals surface area contributed by atoms with Crippen LogP contribution >= 0.6 is 12.4 Å². The lowest BCUT2D eigenvalue weighted by Gasteiger charge is -2.37. The topological polar surface area (TPSA) is 67.4 Å². The van der Waals surface area contributed by atoms with Crippen LogP contribution in [0.2, 0.25) is 0 Å². The fraction of sp³-hybridized carbons (Fsp3) is 0.600. The van der Waals surface area contributed by atoms with E-state index in [1.807, 2.05) is 0 Å². The number of methoxy groups -OCH3 is 1. The Kier molecular flexibility index (Phi) is 7.41. The Labute approximate surface area is 143 Å². The Bertz CT molecular complexity index is 614. The second-order valence-corrected chi connectivity index (χ2v) is 7.65. The molecule has 0 aromatic heterocycles. The highest BCUT2D eigenvalue weighted by atomic mass is 35.5. The number of aryl methyl sites for hydroxylation is 1. The van der Waals surface area contributed by atoms with Crippen molar-refractivity contribution in [2.45, 2.75) is 24.7 Å². The van der Waals surface area contributed by atoms with E-state index in [9.17, 15) is 12.8 Å². The summed E-state index contributed by atoms with van der Waals surface area (Å²) in [7, 11) is -2.12. The first-order chi connectivity index (χ1) is 10.4. The van der Waals surface area contributed by atoms with Crippen molar-refractivity contribution in [2.24, 2.45) is 5.41 Å². The van der Waals surface area contributed by atoms with Gasteiger partial charge in [0.2, 0.25) is 10.0 Å². The summed E-state index contributed by atoms with van der Waals surface area (Å²) in [5, 5.41) is 3.26. The maximum absolute atomic E-state index is 13.3. The summed E-state index contributed by atoms with van der Waals surface area (Å²) >= 11 is 0. The van der Waals surface area contributed by atoms with Gasteiger partial charge in [0.1, 0.15) is 5.82 Å². The Morgan fingerprint density at radius 1 is 1.35 bits per heavy atom. The first-order valence-electron chi connectivity index (χ1n) is 7.34. The number of benzene rings is 1. The summed E-state index contributed by atoms with van der Waals surface area (Å²) in [4.78, 5) is -0.00555. The molecule has 132 valence electrons. The SMILES string of the molecule is COCC1(CNS(=O)(=O)c2cc(F)ccc2C)CCNCC1.Cl. The number of piperidine rings is 1. The van der Waals surface area contributed by atoms with Crippen molar-refractivity contribution in [2.75, 3.05) is 33.4 Å². The molecule has 1 aromatic carbocycles. The smallest absolute Gasteiger partial charge is 0.240 e. The van der Waals surface area contributed by atoms with Gasteiger partial charge in [0.15, 0.2) is 0 Å². The van der Waals surface area contributed by atoms with E-state index in [2.05, 4.69) is 10.0 Å². The molecule has 0 saturated carbocycles. The Morgan fingerprint density at radius 3 is 2.61 bits per heavy atom. The van der Waals surface area contributed by atoms with Crippen molar-refractivity contribution in [1.29, 1.82) is 0 Å². The fourth-order valence-corrected chi connectivity index (χ4v) is 4.24. The number of hydrogen-bond acceptors (Lipinski definition) is 4. The Balaban J connectivity index is 0.00000264. The molecule has 0 radical (unpaired) electrons. The van der Waals surface area contributed by atoms with Crippen molar-refractivity contribution in [3.05, 3.63) is 29.6 Å². The van der Waals surface area contributed by atoms with Gasteiger partial charge in [-0.2, -0.15) is 0 Å². The molecule has 1 saturated heterocycles. The van der Waals surface area contributed by atoms with Crippen LogP contribution in [-0.2, 0) is 14.8 Å². The van der Waals surface area contributed by atoms with E-state index in [1.54, 1.807) is 14.0 Å². The number of sulfonamides is 1. The number of ether oxygens (including phenoxy) is 1. The average Bonchev–Trinajstić information content (AvgIpc) is 2.49. The van der Waals surface area contributed by atoms with Crippen LogP contribution in [-0.4, -0.2) is 41.8 Å². The van der Waals surface area contributed by atoms with Gasteiger partial charge in [0.05, 0.1) is 11.5 Å². The van der Waals surface area contributed by atoms with Gasteiger partial charge in [0.25, 0.3) is 0 Å². The highest BCUT2D eigenvalue weighted by Gasteiger charge is 2.33. The summed E-state index contributed by atoms with van der Waals surface area (Å²) in [5.74, 6) is -0.556. The van der Waals surface area contributed by atoms with Gasteiger partial charge in [-0.05, 0) is 50.6 Å². The lowest BCUT2D eigenvalue weighted by Crippen LogP contribution is -2.47. The van der Waals surface area contributed by atoms with Crippen molar-refractivity contribution in [1.82, 2.24) is 10.0 Å². The minimum Gasteiger partial charge on any atom is -0.384 e. The molecule has 1 aliphatic heterocycles. The minimum absolute atomic E-state index is 0. The molecule has 0 bridgehead atoms. The summed E-state index contributed by atoms with van der Waals surface area (Å²) in [5.41, 5.74) is 0.314. The molecule has 1 aliphatic rings. The third-order valence-electron chi connectivity index (χ3n) is 4.19. The van der Waals surface area contributed by atoms with Crippen LogP contribution in [0.3, 0.4) is 0 Å². The van der Waals surface area contributed by atoms with Crippen molar-refractivity contribution < 1.29 is 17.5 Å². The number of nitrogens with one attached hydrogen (secondary N) is 2. The monoisotopic (exact) mass is 366 g/mol. The van der Waals surface area contributed by atoms with Crippen LogP contribution in [0.5, 0.6) is 0 Å². The molecular weight excluding hydrogens is 343 g/mol. The van der Waals surface area contributed by atoms with Crippen molar-refractivity contribution in [3.8, 4) is 0 Å². The van der Waals surface area contributed by atoms with Gasteiger partial charge in [-0.1, -0.05) is 6.07 Å². The first-order valence-corrected chi connectivity index (χ1v) is 8.82. The molecule has 0 spiro atoms.